The van der Waals surface area contributed by atoms with Crippen LogP contribution in [0.1, 0.15) is 54.4 Å². The van der Waals surface area contributed by atoms with E-state index in [1.807, 2.05) is 38.1 Å². The van der Waals surface area contributed by atoms with Crippen LogP contribution in [0.15, 0.2) is 24.3 Å². The van der Waals surface area contributed by atoms with Crippen molar-refractivity contribution in [2.24, 2.45) is 5.92 Å². The topological polar surface area (TPSA) is 50.8 Å². The van der Waals surface area contributed by atoms with Gasteiger partial charge in [0.15, 0.2) is 0 Å². The lowest BCUT2D eigenvalue weighted by Gasteiger charge is -2.29. The van der Waals surface area contributed by atoms with Crippen LogP contribution in [0.3, 0.4) is 0 Å². The monoisotopic (exact) mass is 378 g/mol. The lowest BCUT2D eigenvalue weighted by molar-refractivity contribution is -0.140. The van der Waals surface area contributed by atoms with Gasteiger partial charge in [-0.3, -0.25) is 4.79 Å². The third-order valence-electron chi connectivity index (χ3n) is 4.64. The SMILES string of the molecule is CCO[C@@](C)(CC(C)C)C(=O)Nc1ccc(OCCCN(CC)CC)cc1. The fraction of sp³-hybridized carbons (Fsp3) is 0.682. The third kappa shape index (κ3) is 8.31. The van der Waals surface area contributed by atoms with Crippen LogP contribution in [0.2, 0.25) is 0 Å². The van der Waals surface area contributed by atoms with Gasteiger partial charge in [0.05, 0.1) is 6.61 Å². The first kappa shape index (κ1) is 23.4. The number of amides is 1. The lowest BCUT2D eigenvalue weighted by atomic mass is 9.93. The van der Waals surface area contributed by atoms with Crippen LogP contribution in [0.4, 0.5) is 5.69 Å². The molecule has 0 saturated carbocycles. The van der Waals surface area contributed by atoms with Crippen molar-refractivity contribution in [2.45, 2.75) is 60.0 Å². The quantitative estimate of drug-likeness (QED) is 0.511. The van der Waals surface area contributed by atoms with E-state index in [1.54, 1.807) is 0 Å². The van der Waals surface area contributed by atoms with Crippen molar-refractivity contribution in [3.8, 4) is 5.75 Å². The summed E-state index contributed by atoms with van der Waals surface area (Å²) in [6, 6.07) is 7.54. The number of anilines is 1. The van der Waals surface area contributed by atoms with Crippen LogP contribution in [0, 0.1) is 5.92 Å². The molecule has 0 radical (unpaired) electrons. The van der Waals surface area contributed by atoms with Gasteiger partial charge in [0.1, 0.15) is 11.4 Å². The lowest BCUT2D eigenvalue weighted by Crippen LogP contribution is -2.43. The predicted octanol–water partition coefficient (Wildman–Crippen LogP) is 4.58. The molecule has 1 atom stereocenters. The largest absolute Gasteiger partial charge is 0.494 e. The zero-order valence-electron chi connectivity index (χ0n) is 18.0. The third-order valence-corrected chi connectivity index (χ3v) is 4.64. The smallest absolute Gasteiger partial charge is 0.256 e. The zero-order valence-corrected chi connectivity index (χ0v) is 18.0. The molecule has 5 nitrogen and oxygen atoms in total. The summed E-state index contributed by atoms with van der Waals surface area (Å²) >= 11 is 0. The second kappa shape index (κ2) is 12.0. The van der Waals surface area contributed by atoms with E-state index in [0.29, 0.717) is 25.6 Å². The molecule has 0 bridgehead atoms. The summed E-state index contributed by atoms with van der Waals surface area (Å²) in [4.78, 5) is 15.1. The Morgan fingerprint density at radius 3 is 2.30 bits per heavy atom. The molecule has 1 aromatic carbocycles. The predicted molar refractivity (Wildman–Crippen MR) is 112 cm³/mol. The van der Waals surface area contributed by atoms with E-state index in [0.717, 1.165) is 37.5 Å². The highest BCUT2D eigenvalue weighted by atomic mass is 16.5. The Labute approximate surface area is 165 Å². The zero-order chi connectivity index (χ0) is 20.3. The van der Waals surface area contributed by atoms with E-state index in [4.69, 9.17) is 9.47 Å². The summed E-state index contributed by atoms with van der Waals surface area (Å²) in [5.74, 6) is 1.09. The van der Waals surface area contributed by atoms with Gasteiger partial charge < -0.3 is 19.7 Å². The minimum Gasteiger partial charge on any atom is -0.494 e. The van der Waals surface area contributed by atoms with Gasteiger partial charge in [-0.05, 0) is 70.0 Å². The molecule has 0 saturated heterocycles. The van der Waals surface area contributed by atoms with Crippen molar-refractivity contribution in [1.82, 2.24) is 4.90 Å². The van der Waals surface area contributed by atoms with Crippen molar-refractivity contribution >= 4 is 11.6 Å². The number of carbonyl (C=O) groups excluding carboxylic acids is 1. The first-order chi connectivity index (χ1) is 12.8. The van der Waals surface area contributed by atoms with Crippen molar-refractivity contribution in [2.75, 3.05) is 38.2 Å². The molecule has 0 aliphatic carbocycles. The number of nitrogens with zero attached hydrogens (tertiary/aromatic N) is 1. The Balaban J connectivity index is 2.54. The van der Waals surface area contributed by atoms with E-state index in [1.165, 1.54) is 0 Å². The number of nitrogens with one attached hydrogen (secondary N) is 1. The second-order valence-electron chi connectivity index (χ2n) is 7.47. The van der Waals surface area contributed by atoms with E-state index in [9.17, 15) is 4.79 Å². The summed E-state index contributed by atoms with van der Waals surface area (Å²) in [5.41, 5.74) is -0.0622. The van der Waals surface area contributed by atoms with Crippen LogP contribution < -0.4 is 10.1 Å². The van der Waals surface area contributed by atoms with Gasteiger partial charge in [-0.2, -0.15) is 0 Å². The minimum atomic E-state index is -0.817. The molecule has 1 amide bonds. The molecule has 5 heteroatoms. The van der Waals surface area contributed by atoms with Gasteiger partial charge in [-0.1, -0.05) is 27.7 Å². The molecular formula is C22H38N2O3. The van der Waals surface area contributed by atoms with Crippen molar-refractivity contribution < 1.29 is 14.3 Å². The Hall–Kier alpha value is -1.59. The molecular weight excluding hydrogens is 340 g/mol. The molecule has 0 heterocycles. The van der Waals surface area contributed by atoms with E-state index in [2.05, 4.69) is 37.9 Å². The van der Waals surface area contributed by atoms with Gasteiger partial charge in [0.2, 0.25) is 0 Å². The van der Waals surface area contributed by atoms with E-state index < -0.39 is 5.60 Å². The first-order valence-corrected chi connectivity index (χ1v) is 10.2. The van der Waals surface area contributed by atoms with Gasteiger partial charge in [0, 0.05) is 18.8 Å². The maximum atomic E-state index is 12.7. The molecule has 0 aliphatic heterocycles. The number of ether oxygens (including phenoxy) is 2. The molecule has 0 aliphatic rings. The summed E-state index contributed by atoms with van der Waals surface area (Å²) < 4.78 is 11.6. The molecule has 1 N–H and O–H groups in total. The Bertz CT molecular complexity index is 541. The molecule has 0 fully saturated rings. The normalized spacial score (nSPS) is 13.6. The molecule has 0 aromatic heterocycles. The molecule has 1 rings (SSSR count). The van der Waals surface area contributed by atoms with Crippen molar-refractivity contribution in [3.63, 3.8) is 0 Å². The summed E-state index contributed by atoms with van der Waals surface area (Å²) in [5, 5.41) is 2.97. The standard InChI is InChI=1S/C22H38N2O3/c1-7-24(8-2)15-10-16-26-20-13-11-19(12-14-20)23-21(25)22(6,27-9-3)17-18(4)5/h11-14,18H,7-10,15-17H2,1-6H3,(H,23,25)/t22-/m0/s1. The molecule has 0 unspecified atom stereocenters. The van der Waals surface area contributed by atoms with Crippen LogP contribution >= 0.6 is 0 Å². The van der Waals surface area contributed by atoms with Crippen LogP contribution in [0.5, 0.6) is 5.75 Å². The molecule has 27 heavy (non-hydrogen) atoms. The van der Waals surface area contributed by atoms with Crippen molar-refractivity contribution in [1.29, 1.82) is 0 Å². The highest BCUT2D eigenvalue weighted by Crippen LogP contribution is 2.24. The fourth-order valence-electron chi connectivity index (χ4n) is 3.23. The van der Waals surface area contributed by atoms with Crippen LogP contribution in [-0.4, -0.2) is 49.3 Å². The molecule has 154 valence electrons. The Morgan fingerprint density at radius 2 is 1.78 bits per heavy atom. The minimum absolute atomic E-state index is 0.106. The average molecular weight is 379 g/mol. The van der Waals surface area contributed by atoms with E-state index in [-0.39, 0.29) is 5.91 Å². The average Bonchev–Trinajstić information content (AvgIpc) is 2.62. The first-order valence-electron chi connectivity index (χ1n) is 10.2. The number of carbonyl (C=O) groups is 1. The number of rotatable bonds is 13. The Morgan fingerprint density at radius 1 is 1.15 bits per heavy atom. The molecule has 0 spiro atoms. The van der Waals surface area contributed by atoms with Gasteiger partial charge in [0.25, 0.3) is 5.91 Å². The number of hydrogen-bond acceptors (Lipinski definition) is 4. The van der Waals surface area contributed by atoms with Gasteiger partial charge in [-0.25, -0.2) is 0 Å². The summed E-state index contributed by atoms with van der Waals surface area (Å²) in [7, 11) is 0. The fourth-order valence-corrected chi connectivity index (χ4v) is 3.23. The van der Waals surface area contributed by atoms with Crippen LogP contribution in [-0.2, 0) is 9.53 Å². The van der Waals surface area contributed by atoms with Gasteiger partial charge >= 0.3 is 0 Å². The maximum absolute atomic E-state index is 12.7. The number of hydrogen-bond donors (Lipinski definition) is 1. The highest BCUT2D eigenvalue weighted by molar-refractivity contribution is 5.97. The molecule has 1 aromatic rings. The van der Waals surface area contributed by atoms with Crippen LogP contribution in [0.25, 0.3) is 0 Å². The van der Waals surface area contributed by atoms with Crippen molar-refractivity contribution in [3.05, 3.63) is 24.3 Å². The highest BCUT2D eigenvalue weighted by Gasteiger charge is 2.34. The Kier molecular flexibility index (Phi) is 10.4. The summed E-state index contributed by atoms with van der Waals surface area (Å²) in [6.07, 6.45) is 1.68. The summed E-state index contributed by atoms with van der Waals surface area (Å²) in [6.45, 7) is 16.7. The number of benzene rings is 1. The maximum Gasteiger partial charge on any atom is 0.256 e. The van der Waals surface area contributed by atoms with Gasteiger partial charge in [-0.15, -0.1) is 0 Å². The second-order valence-corrected chi connectivity index (χ2v) is 7.47. The van der Waals surface area contributed by atoms with E-state index >= 15 is 0 Å².